The fourth-order valence-corrected chi connectivity index (χ4v) is 1.52. The summed E-state index contributed by atoms with van der Waals surface area (Å²) in [5.41, 5.74) is 4.57. The van der Waals surface area contributed by atoms with Crippen molar-refractivity contribution in [1.82, 2.24) is 0 Å². The zero-order valence-corrected chi connectivity index (χ0v) is 6.57. The second kappa shape index (κ2) is 2.87. The largest absolute Gasteiger partial charge is 0.330 e. The highest BCUT2D eigenvalue weighted by Crippen LogP contribution is 2.33. The third kappa shape index (κ3) is 1.94. The smallest absolute Gasteiger partial charge is 0.108 e. The highest BCUT2D eigenvalue weighted by atomic mass is 19.1. The van der Waals surface area contributed by atoms with Gasteiger partial charge in [-0.1, -0.05) is 0 Å². The number of rotatable bonds is 1. The van der Waals surface area contributed by atoms with Crippen LogP contribution < -0.4 is 5.73 Å². The lowest BCUT2D eigenvalue weighted by molar-refractivity contribution is 0.105. The first kappa shape index (κ1) is 7.99. The number of nitrogens with two attached hydrogens (primary N) is 1. The van der Waals surface area contributed by atoms with Crippen molar-refractivity contribution in [2.75, 3.05) is 6.54 Å². The summed E-state index contributed by atoms with van der Waals surface area (Å²) in [7, 11) is 0. The minimum Gasteiger partial charge on any atom is -0.330 e. The van der Waals surface area contributed by atoms with Crippen molar-refractivity contribution in [2.45, 2.75) is 38.3 Å². The molecule has 0 spiro atoms. The number of hydrogen-bond acceptors (Lipinski definition) is 1. The molecule has 60 valence electrons. The molecule has 0 aromatic carbocycles. The van der Waals surface area contributed by atoms with Crippen LogP contribution in [0.4, 0.5) is 4.39 Å². The summed E-state index contributed by atoms with van der Waals surface area (Å²) in [6, 6.07) is 0. The minimum atomic E-state index is -0.897. The van der Waals surface area contributed by atoms with Crippen LogP contribution in [0.5, 0.6) is 0 Å². The molecular weight excluding hydrogens is 129 g/mol. The minimum absolute atomic E-state index is 0.587. The van der Waals surface area contributed by atoms with E-state index in [0.29, 0.717) is 18.8 Å². The summed E-state index contributed by atoms with van der Waals surface area (Å²) in [5, 5.41) is 0. The number of hydrogen-bond donors (Lipinski definition) is 1. The molecule has 0 heterocycles. The van der Waals surface area contributed by atoms with E-state index in [4.69, 9.17) is 5.73 Å². The van der Waals surface area contributed by atoms with Crippen molar-refractivity contribution >= 4 is 0 Å². The molecule has 0 amide bonds. The summed E-state index contributed by atoms with van der Waals surface area (Å²) in [4.78, 5) is 0. The van der Waals surface area contributed by atoms with Gasteiger partial charge in [-0.2, -0.15) is 0 Å². The average Bonchev–Trinajstić information content (AvgIpc) is 1.88. The van der Waals surface area contributed by atoms with Crippen molar-refractivity contribution in [3.63, 3.8) is 0 Å². The standard InChI is InChI=1S/C8H16FN/c1-8(9)4-2-7(6-10)3-5-8/h7H,2-6,10H2,1H3. The molecule has 1 aliphatic rings. The molecule has 0 aromatic heterocycles. The van der Waals surface area contributed by atoms with Crippen LogP contribution in [0.2, 0.25) is 0 Å². The Bertz CT molecular complexity index is 102. The topological polar surface area (TPSA) is 26.0 Å². The van der Waals surface area contributed by atoms with Gasteiger partial charge in [0.1, 0.15) is 5.67 Å². The SMILES string of the molecule is CC1(F)CCC(CN)CC1. The summed E-state index contributed by atoms with van der Waals surface area (Å²) in [5.74, 6) is 0.587. The van der Waals surface area contributed by atoms with Gasteiger partial charge in [0.2, 0.25) is 0 Å². The first-order chi connectivity index (χ1) is 4.64. The van der Waals surface area contributed by atoms with Gasteiger partial charge in [0, 0.05) is 0 Å². The number of halogens is 1. The molecule has 10 heavy (non-hydrogen) atoms. The van der Waals surface area contributed by atoms with E-state index in [1.165, 1.54) is 0 Å². The molecule has 0 atom stereocenters. The molecule has 1 saturated carbocycles. The third-order valence-electron chi connectivity index (χ3n) is 2.48. The Morgan fingerprint density at radius 2 is 2.00 bits per heavy atom. The van der Waals surface area contributed by atoms with Crippen LogP contribution in [0.3, 0.4) is 0 Å². The van der Waals surface area contributed by atoms with Crippen LogP contribution in [0.25, 0.3) is 0 Å². The number of alkyl halides is 1. The van der Waals surface area contributed by atoms with Gasteiger partial charge >= 0.3 is 0 Å². The van der Waals surface area contributed by atoms with Gasteiger partial charge in [-0.3, -0.25) is 0 Å². The Labute approximate surface area is 61.8 Å². The lowest BCUT2D eigenvalue weighted by atomic mass is 9.81. The van der Waals surface area contributed by atoms with Crippen molar-refractivity contribution in [3.8, 4) is 0 Å². The molecule has 2 heteroatoms. The van der Waals surface area contributed by atoms with E-state index in [9.17, 15) is 4.39 Å². The van der Waals surface area contributed by atoms with Crippen LogP contribution >= 0.6 is 0 Å². The quantitative estimate of drug-likeness (QED) is 0.599. The highest BCUT2D eigenvalue weighted by Gasteiger charge is 2.29. The van der Waals surface area contributed by atoms with Crippen LogP contribution in [0.15, 0.2) is 0 Å². The first-order valence-corrected chi connectivity index (χ1v) is 4.03. The lowest BCUT2D eigenvalue weighted by Gasteiger charge is -2.30. The summed E-state index contributed by atoms with van der Waals surface area (Å²) in [6.07, 6.45) is 3.36. The molecule has 1 rings (SSSR count). The van der Waals surface area contributed by atoms with E-state index < -0.39 is 5.67 Å². The predicted molar refractivity (Wildman–Crippen MR) is 40.5 cm³/mol. The lowest BCUT2D eigenvalue weighted by Crippen LogP contribution is -2.29. The van der Waals surface area contributed by atoms with E-state index in [1.807, 2.05) is 0 Å². The zero-order valence-electron chi connectivity index (χ0n) is 6.57. The highest BCUT2D eigenvalue weighted by molar-refractivity contribution is 4.81. The Morgan fingerprint density at radius 3 is 2.40 bits per heavy atom. The maximum Gasteiger partial charge on any atom is 0.108 e. The molecular formula is C8H16FN. The fraction of sp³-hybridized carbons (Fsp3) is 1.00. The van der Waals surface area contributed by atoms with E-state index >= 15 is 0 Å². The van der Waals surface area contributed by atoms with Crippen molar-refractivity contribution in [3.05, 3.63) is 0 Å². The van der Waals surface area contributed by atoms with Gasteiger partial charge in [0.15, 0.2) is 0 Å². The van der Waals surface area contributed by atoms with Gasteiger partial charge in [0.05, 0.1) is 0 Å². The van der Waals surface area contributed by atoms with E-state index in [0.717, 1.165) is 19.4 Å². The zero-order chi connectivity index (χ0) is 7.61. The molecule has 0 radical (unpaired) electrons. The Hall–Kier alpha value is -0.110. The van der Waals surface area contributed by atoms with Gasteiger partial charge in [-0.05, 0) is 45.1 Å². The molecule has 1 aliphatic carbocycles. The fourth-order valence-electron chi connectivity index (χ4n) is 1.52. The first-order valence-electron chi connectivity index (χ1n) is 4.03. The second-order valence-corrected chi connectivity index (χ2v) is 3.59. The van der Waals surface area contributed by atoms with Crippen molar-refractivity contribution < 1.29 is 4.39 Å². The molecule has 0 saturated heterocycles. The third-order valence-corrected chi connectivity index (χ3v) is 2.48. The van der Waals surface area contributed by atoms with Gasteiger partial charge < -0.3 is 5.73 Å². The maximum absolute atomic E-state index is 13.1. The van der Waals surface area contributed by atoms with Gasteiger partial charge in [0.25, 0.3) is 0 Å². The van der Waals surface area contributed by atoms with E-state index in [1.54, 1.807) is 6.92 Å². The average molecular weight is 145 g/mol. The van der Waals surface area contributed by atoms with Gasteiger partial charge in [-0.25, -0.2) is 4.39 Å². The van der Waals surface area contributed by atoms with E-state index in [-0.39, 0.29) is 0 Å². The molecule has 1 fully saturated rings. The summed E-state index contributed by atoms with van der Waals surface area (Å²) in [6.45, 7) is 2.43. The molecule has 0 bridgehead atoms. The molecule has 0 aromatic rings. The monoisotopic (exact) mass is 145 g/mol. The summed E-state index contributed by atoms with van der Waals surface area (Å²) >= 11 is 0. The Kier molecular flexibility index (Phi) is 2.29. The van der Waals surface area contributed by atoms with Gasteiger partial charge in [-0.15, -0.1) is 0 Å². The predicted octanol–water partition coefficient (Wildman–Crippen LogP) is 1.86. The van der Waals surface area contributed by atoms with Crippen molar-refractivity contribution in [2.24, 2.45) is 11.7 Å². The van der Waals surface area contributed by atoms with Crippen molar-refractivity contribution in [1.29, 1.82) is 0 Å². The molecule has 0 unspecified atom stereocenters. The van der Waals surface area contributed by atoms with Crippen LogP contribution in [0.1, 0.15) is 32.6 Å². The van der Waals surface area contributed by atoms with Crippen LogP contribution in [0, 0.1) is 5.92 Å². The normalized spacial score (nSPS) is 41.7. The Balaban J connectivity index is 2.31. The van der Waals surface area contributed by atoms with Crippen LogP contribution in [-0.2, 0) is 0 Å². The second-order valence-electron chi connectivity index (χ2n) is 3.59. The molecule has 2 N–H and O–H groups in total. The maximum atomic E-state index is 13.1. The molecule has 0 aliphatic heterocycles. The molecule has 1 nitrogen and oxygen atoms in total. The van der Waals surface area contributed by atoms with Crippen LogP contribution in [-0.4, -0.2) is 12.2 Å². The van der Waals surface area contributed by atoms with E-state index in [2.05, 4.69) is 0 Å². The summed E-state index contributed by atoms with van der Waals surface area (Å²) < 4.78 is 13.1. The Morgan fingerprint density at radius 1 is 1.50 bits per heavy atom.